The molecule has 0 bridgehead atoms. The van der Waals surface area contributed by atoms with Gasteiger partial charge in [0.05, 0.1) is 4.90 Å². The molecule has 21 heavy (non-hydrogen) atoms. The Morgan fingerprint density at radius 3 is 2.81 bits per heavy atom. The van der Waals surface area contributed by atoms with Gasteiger partial charge in [-0.25, -0.2) is 13.1 Å². The summed E-state index contributed by atoms with van der Waals surface area (Å²) < 4.78 is 37.8. The van der Waals surface area contributed by atoms with Gasteiger partial charge in [-0.3, -0.25) is 4.98 Å². The van der Waals surface area contributed by atoms with Crippen molar-refractivity contribution in [3.63, 3.8) is 0 Å². The van der Waals surface area contributed by atoms with Gasteiger partial charge in [0.1, 0.15) is 0 Å². The van der Waals surface area contributed by atoms with Gasteiger partial charge in [-0.05, 0) is 30.7 Å². The molecule has 1 unspecified atom stereocenters. The summed E-state index contributed by atoms with van der Waals surface area (Å²) in [4.78, 5) is 4.13. The third kappa shape index (κ3) is 2.84. The van der Waals surface area contributed by atoms with Crippen molar-refractivity contribution in [3.8, 4) is 11.5 Å². The lowest BCUT2D eigenvalue weighted by molar-refractivity contribution is 0.174. The number of nitrogens with zero attached hydrogens (tertiary/aromatic N) is 1. The molecule has 0 saturated heterocycles. The molecular formula is C14H14N2O4S. The van der Waals surface area contributed by atoms with Gasteiger partial charge in [-0.2, -0.15) is 0 Å². The van der Waals surface area contributed by atoms with Gasteiger partial charge in [-0.15, -0.1) is 0 Å². The first-order valence-corrected chi connectivity index (χ1v) is 7.86. The molecule has 110 valence electrons. The van der Waals surface area contributed by atoms with E-state index in [0.29, 0.717) is 11.5 Å². The van der Waals surface area contributed by atoms with Gasteiger partial charge in [0.2, 0.25) is 16.8 Å². The smallest absolute Gasteiger partial charge is 0.241 e. The zero-order chi connectivity index (χ0) is 14.9. The Labute approximate surface area is 122 Å². The topological polar surface area (TPSA) is 77.5 Å². The number of benzene rings is 1. The summed E-state index contributed by atoms with van der Waals surface area (Å²) in [5.41, 5.74) is 0.793. The van der Waals surface area contributed by atoms with E-state index in [0.717, 1.165) is 5.56 Å². The lowest BCUT2D eigenvalue weighted by Crippen LogP contribution is -2.26. The van der Waals surface area contributed by atoms with E-state index in [1.807, 2.05) is 6.07 Å². The fourth-order valence-electron chi connectivity index (χ4n) is 2.04. The highest BCUT2D eigenvalue weighted by Crippen LogP contribution is 2.34. The highest BCUT2D eigenvalue weighted by atomic mass is 32.2. The minimum absolute atomic E-state index is 0.109. The van der Waals surface area contributed by atoms with E-state index in [-0.39, 0.29) is 17.7 Å². The summed E-state index contributed by atoms with van der Waals surface area (Å²) in [5, 5.41) is 0. The van der Waals surface area contributed by atoms with Gasteiger partial charge in [0.15, 0.2) is 11.5 Å². The van der Waals surface area contributed by atoms with Crippen molar-refractivity contribution in [1.82, 2.24) is 9.71 Å². The molecule has 6 nitrogen and oxygen atoms in total. The predicted molar refractivity (Wildman–Crippen MR) is 75.5 cm³/mol. The Kier molecular flexibility index (Phi) is 3.52. The van der Waals surface area contributed by atoms with Gasteiger partial charge in [-0.1, -0.05) is 6.07 Å². The van der Waals surface area contributed by atoms with E-state index in [9.17, 15) is 8.42 Å². The minimum atomic E-state index is -3.64. The van der Waals surface area contributed by atoms with Crippen LogP contribution in [-0.4, -0.2) is 20.2 Å². The van der Waals surface area contributed by atoms with Crippen LogP contribution in [0.2, 0.25) is 0 Å². The molecule has 1 aromatic heterocycles. The monoisotopic (exact) mass is 306 g/mol. The van der Waals surface area contributed by atoms with Crippen molar-refractivity contribution in [3.05, 3.63) is 48.3 Å². The number of aromatic nitrogens is 1. The number of hydrogen-bond donors (Lipinski definition) is 1. The second-order valence-corrected chi connectivity index (χ2v) is 6.36. The van der Waals surface area contributed by atoms with Crippen molar-refractivity contribution in [2.45, 2.75) is 17.9 Å². The fraction of sp³-hybridized carbons (Fsp3) is 0.214. The molecule has 1 aliphatic rings. The normalized spacial score (nSPS) is 14.9. The summed E-state index contributed by atoms with van der Waals surface area (Å²) >= 11 is 0. The van der Waals surface area contributed by atoms with E-state index in [2.05, 4.69) is 9.71 Å². The quantitative estimate of drug-likeness (QED) is 0.932. The predicted octanol–water partition coefficient (Wildman–Crippen LogP) is 1.85. The van der Waals surface area contributed by atoms with Crippen LogP contribution in [-0.2, 0) is 10.0 Å². The summed E-state index contributed by atoms with van der Waals surface area (Å²) in [6.45, 7) is 1.87. The number of fused-ring (bicyclic) bond motifs is 1. The molecule has 1 aliphatic heterocycles. The van der Waals surface area contributed by atoms with Crippen LogP contribution in [0.5, 0.6) is 11.5 Å². The van der Waals surface area contributed by atoms with Crippen LogP contribution in [0.1, 0.15) is 18.5 Å². The Bertz CT molecular complexity index is 747. The summed E-state index contributed by atoms with van der Waals surface area (Å²) in [5.74, 6) is 0.987. The SMILES string of the molecule is CC(NS(=O)(=O)c1ccc2c(c1)OCO2)c1cccnc1. The van der Waals surface area contributed by atoms with Gasteiger partial charge in [0.25, 0.3) is 0 Å². The lowest BCUT2D eigenvalue weighted by Gasteiger charge is -2.14. The fourth-order valence-corrected chi connectivity index (χ4v) is 3.29. The lowest BCUT2D eigenvalue weighted by atomic mass is 10.2. The van der Waals surface area contributed by atoms with E-state index in [4.69, 9.17) is 9.47 Å². The number of nitrogens with one attached hydrogen (secondary N) is 1. The molecule has 0 spiro atoms. The summed E-state index contributed by atoms with van der Waals surface area (Å²) in [6, 6.07) is 7.74. The maximum atomic E-state index is 12.4. The molecule has 0 aliphatic carbocycles. The number of sulfonamides is 1. The second kappa shape index (κ2) is 5.34. The van der Waals surface area contributed by atoms with Crippen molar-refractivity contribution >= 4 is 10.0 Å². The largest absolute Gasteiger partial charge is 0.454 e. The number of hydrogen-bond acceptors (Lipinski definition) is 5. The van der Waals surface area contributed by atoms with Crippen LogP contribution in [0, 0.1) is 0 Å². The molecule has 2 heterocycles. The van der Waals surface area contributed by atoms with Gasteiger partial charge >= 0.3 is 0 Å². The number of rotatable bonds is 4. The van der Waals surface area contributed by atoms with Crippen LogP contribution < -0.4 is 14.2 Å². The van der Waals surface area contributed by atoms with E-state index in [1.165, 1.54) is 12.1 Å². The zero-order valence-corrected chi connectivity index (χ0v) is 12.1. The zero-order valence-electron chi connectivity index (χ0n) is 11.3. The third-order valence-corrected chi connectivity index (χ3v) is 4.71. The minimum Gasteiger partial charge on any atom is -0.454 e. The molecule has 0 fully saturated rings. The van der Waals surface area contributed by atoms with Gasteiger partial charge < -0.3 is 9.47 Å². The Morgan fingerprint density at radius 1 is 1.24 bits per heavy atom. The molecule has 3 rings (SSSR count). The molecule has 7 heteroatoms. The van der Waals surface area contributed by atoms with E-state index in [1.54, 1.807) is 31.5 Å². The standard InChI is InChI=1S/C14H14N2O4S/c1-10(11-3-2-6-15-8-11)16-21(17,18)12-4-5-13-14(7-12)20-9-19-13/h2-8,10,16H,9H2,1H3. The molecule has 0 saturated carbocycles. The van der Waals surface area contributed by atoms with Crippen molar-refractivity contribution in [2.24, 2.45) is 0 Å². The molecule has 1 atom stereocenters. The summed E-state index contributed by atoms with van der Waals surface area (Å²) in [6.07, 6.45) is 3.27. The van der Waals surface area contributed by atoms with Crippen molar-refractivity contribution < 1.29 is 17.9 Å². The molecule has 0 amide bonds. The molecule has 2 aromatic rings. The van der Waals surface area contributed by atoms with E-state index < -0.39 is 10.0 Å². The maximum Gasteiger partial charge on any atom is 0.241 e. The van der Waals surface area contributed by atoms with E-state index >= 15 is 0 Å². The molecular weight excluding hydrogens is 292 g/mol. The average Bonchev–Trinajstić information content (AvgIpc) is 2.95. The first-order valence-electron chi connectivity index (χ1n) is 6.38. The van der Waals surface area contributed by atoms with Gasteiger partial charge in [0, 0.05) is 24.5 Å². The van der Waals surface area contributed by atoms with Crippen LogP contribution in [0.25, 0.3) is 0 Å². The average molecular weight is 306 g/mol. The summed E-state index contributed by atoms with van der Waals surface area (Å²) in [7, 11) is -3.64. The number of pyridine rings is 1. The molecule has 1 N–H and O–H groups in total. The van der Waals surface area contributed by atoms with Crippen molar-refractivity contribution in [1.29, 1.82) is 0 Å². The maximum absolute atomic E-state index is 12.4. The number of ether oxygens (including phenoxy) is 2. The van der Waals surface area contributed by atoms with Crippen LogP contribution in [0.3, 0.4) is 0 Å². The first kappa shape index (κ1) is 13.8. The molecule has 0 radical (unpaired) electrons. The first-order chi connectivity index (χ1) is 10.1. The van der Waals surface area contributed by atoms with Crippen LogP contribution in [0.15, 0.2) is 47.6 Å². The Morgan fingerprint density at radius 2 is 2.05 bits per heavy atom. The van der Waals surface area contributed by atoms with Crippen molar-refractivity contribution in [2.75, 3.05) is 6.79 Å². The highest BCUT2D eigenvalue weighted by molar-refractivity contribution is 7.89. The van der Waals surface area contributed by atoms with Crippen LogP contribution >= 0.6 is 0 Å². The van der Waals surface area contributed by atoms with Crippen LogP contribution in [0.4, 0.5) is 0 Å². The second-order valence-electron chi connectivity index (χ2n) is 4.64. The third-order valence-electron chi connectivity index (χ3n) is 3.17. The Balaban J connectivity index is 1.84. The molecule has 1 aromatic carbocycles. The Hall–Kier alpha value is -2.12. The highest BCUT2D eigenvalue weighted by Gasteiger charge is 2.22.